The first-order chi connectivity index (χ1) is 7.91. The third kappa shape index (κ3) is 43.6. The van der Waals surface area contributed by atoms with Crippen molar-refractivity contribution in [2.75, 3.05) is 0 Å². The number of rotatable bonds is 9. The summed E-state index contributed by atoms with van der Waals surface area (Å²) < 4.78 is 31.6. The van der Waals surface area contributed by atoms with Crippen molar-refractivity contribution in [3.8, 4) is 0 Å². The first-order valence-corrected chi connectivity index (χ1v) is 7.79. The first kappa shape index (κ1) is 23.9. The van der Waals surface area contributed by atoms with Gasteiger partial charge in [-0.15, -0.1) is 0 Å². The van der Waals surface area contributed by atoms with E-state index in [1.54, 1.807) is 0 Å². The molecule has 0 saturated carbocycles. The van der Waals surface area contributed by atoms with E-state index in [9.17, 15) is 0 Å². The minimum absolute atomic E-state index is 0. The summed E-state index contributed by atoms with van der Waals surface area (Å²) in [6.07, 6.45) is 15.1. The van der Waals surface area contributed by atoms with Crippen LogP contribution in [0.15, 0.2) is 0 Å². The largest absolute Gasteiger partial charge is 1.00 e. The second-order valence-corrected chi connectivity index (χ2v) is 5.02. The number of hydrogen-bond acceptors (Lipinski definition) is 2. The van der Waals surface area contributed by atoms with Crippen LogP contribution in [0.3, 0.4) is 0 Å². The fraction of sp³-hybridized carbons (Fsp3) is 0.917. The predicted octanol–water partition coefficient (Wildman–Crippen LogP) is 1.09. The van der Waals surface area contributed by atoms with Crippen molar-refractivity contribution >= 4 is 10.4 Å². The van der Waals surface area contributed by atoms with E-state index in [1.807, 2.05) is 0 Å². The van der Waals surface area contributed by atoms with Gasteiger partial charge in [-0.3, -0.25) is 9.11 Å². The SMILES string of the molecule is C[CH-]CCCCCCCCCC.O=S(=O)(O)O.[Na+]. The van der Waals surface area contributed by atoms with Crippen molar-refractivity contribution in [1.29, 1.82) is 0 Å². The van der Waals surface area contributed by atoms with Crippen molar-refractivity contribution in [2.45, 2.75) is 71.6 Å². The predicted molar refractivity (Wildman–Crippen MR) is 71.4 cm³/mol. The summed E-state index contributed by atoms with van der Waals surface area (Å²) in [5, 5.41) is 0. The van der Waals surface area contributed by atoms with E-state index < -0.39 is 10.4 Å². The van der Waals surface area contributed by atoms with Gasteiger partial charge in [0.25, 0.3) is 0 Å². The molecule has 0 unspecified atom stereocenters. The third-order valence-corrected chi connectivity index (χ3v) is 2.35. The van der Waals surface area contributed by atoms with Gasteiger partial charge in [0.2, 0.25) is 0 Å². The third-order valence-electron chi connectivity index (χ3n) is 2.35. The minimum Gasteiger partial charge on any atom is -0.332 e. The zero-order valence-corrected chi connectivity index (χ0v) is 14.9. The molecule has 0 saturated heterocycles. The summed E-state index contributed by atoms with van der Waals surface area (Å²) in [5.74, 6) is 0. The Bertz CT molecular complexity index is 212. The van der Waals surface area contributed by atoms with Crippen molar-refractivity contribution < 1.29 is 47.1 Å². The molecule has 0 rings (SSSR count). The molecule has 0 aliphatic carbocycles. The summed E-state index contributed by atoms with van der Waals surface area (Å²) in [6.45, 7) is 4.43. The second kappa shape index (κ2) is 17.9. The molecule has 0 spiro atoms. The van der Waals surface area contributed by atoms with Gasteiger partial charge in [0.05, 0.1) is 0 Å². The van der Waals surface area contributed by atoms with Crippen molar-refractivity contribution in [1.82, 2.24) is 0 Å². The monoisotopic (exact) mass is 290 g/mol. The Morgan fingerprint density at radius 3 is 1.56 bits per heavy atom. The molecule has 2 N–H and O–H groups in total. The van der Waals surface area contributed by atoms with Gasteiger partial charge in [-0.1, -0.05) is 58.3 Å². The van der Waals surface area contributed by atoms with E-state index >= 15 is 0 Å². The van der Waals surface area contributed by atoms with Crippen LogP contribution in [0.1, 0.15) is 71.6 Å². The van der Waals surface area contributed by atoms with Crippen LogP contribution in [-0.2, 0) is 10.4 Å². The van der Waals surface area contributed by atoms with Crippen LogP contribution in [-0.4, -0.2) is 17.5 Å². The maximum Gasteiger partial charge on any atom is 1.00 e. The molecule has 0 atom stereocenters. The molecule has 18 heavy (non-hydrogen) atoms. The summed E-state index contributed by atoms with van der Waals surface area (Å²) in [4.78, 5) is 0. The summed E-state index contributed by atoms with van der Waals surface area (Å²) >= 11 is 0. The van der Waals surface area contributed by atoms with Crippen LogP contribution in [0.2, 0.25) is 0 Å². The molecule has 0 aliphatic rings. The van der Waals surface area contributed by atoms with Gasteiger partial charge in [0.1, 0.15) is 0 Å². The maximum atomic E-state index is 8.74. The van der Waals surface area contributed by atoms with Crippen molar-refractivity contribution in [2.24, 2.45) is 0 Å². The zero-order valence-electron chi connectivity index (χ0n) is 12.1. The molecule has 0 aromatic carbocycles. The van der Waals surface area contributed by atoms with Gasteiger partial charge in [-0.05, 0) is 0 Å². The Kier molecular flexibility index (Phi) is 23.8. The van der Waals surface area contributed by atoms with Gasteiger partial charge in [-0.2, -0.15) is 21.8 Å². The van der Waals surface area contributed by atoms with Crippen LogP contribution in [0.4, 0.5) is 0 Å². The van der Waals surface area contributed by atoms with Gasteiger partial charge >= 0.3 is 40.0 Å². The molecule has 0 heterocycles. The summed E-state index contributed by atoms with van der Waals surface area (Å²) in [7, 11) is -4.67. The molecule has 106 valence electrons. The second-order valence-electron chi connectivity index (χ2n) is 4.12. The van der Waals surface area contributed by atoms with E-state index in [-0.39, 0.29) is 29.6 Å². The molecule has 6 heteroatoms. The van der Waals surface area contributed by atoms with Crippen molar-refractivity contribution in [3.05, 3.63) is 6.42 Å². The van der Waals surface area contributed by atoms with Gasteiger partial charge in [0, 0.05) is 0 Å². The Morgan fingerprint density at radius 1 is 0.889 bits per heavy atom. The molecular weight excluding hydrogens is 263 g/mol. The fourth-order valence-corrected chi connectivity index (χ4v) is 1.48. The van der Waals surface area contributed by atoms with Gasteiger partial charge in [-0.25, -0.2) is 0 Å². The Morgan fingerprint density at radius 2 is 1.22 bits per heavy atom. The topological polar surface area (TPSA) is 74.6 Å². The van der Waals surface area contributed by atoms with Crippen LogP contribution >= 0.6 is 0 Å². The van der Waals surface area contributed by atoms with E-state index in [4.69, 9.17) is 17.5 Å². The zero-order chi connectivity index (χ0) is 13.6. The quantitative estimate of drug-likeness (QED) is 0.288. The molecule has 0 aromatic heterocycles. The van der Waals surface area contributed by atoms with Crippen LogP contribution in [0.5, 0.6) is 0 Å². The summed E-state index contributed by atoms with van der Waals surface area (Å²) in [6, 6.07) is 0. The van der Waals surface area contributed by atoms with Crippen LogP contribution in [0.25, 0.3) is 0 Å². The molecule has 0 amide bonds. The average Bonchev–Trinajstić information content (AvgIpc) is 2.20. The van der Waals surface area contributed by atoms with E-state index in [0.717, 1.165) is 0 Å². The Balaban J connectivity index is -0.000000321. The van der Waals surface area contributed by atoms with E-state index in [0.29, 0.717) is 0 Å². The summed E-state index contributed by atoms with van der Waals surface area (Å²) in [5.41, 5.74) is 0. The standard InChI is InChI=1S/C12H25.Na.H2O4S/c1-3-5-7-9-11-12-10-8-6-4-2;;1-5(2,3)4/h3H,4-12H2,1-2H3;;(H2,1,2,3,4)/q-1;+1;. The smallest absolute Gasteiger partial charge is 0.332 e. The average molecular weight is 290 g/mol. The molecule has 0 bridgehead atoms. The Hall–Kier alpha value is 0.870. The van der Waals surface area contributed by atoms with Crippen LogP contribution in [0, 0.1) is 6.42 Å². The molecule has 0 aromatic rings. The normalized spacial score (nSPS) is 10.2. The fourth-order valence-electron chi connectivity index (χ4n) is 1.48. The minimum atomic E-state index is -4.67. The van der Waals surface area contributed by atoms with Crippen molar-refractivity contribution in [3.63, 3.8) is 0 Å². The first-order valence-electron chi connectivity index (χ1n) is 6.39. The number of unbranched alkanes of at least 4 members (excludes halogenated alkanes) is 9. The molecular formula is C12H27NaO4S. The molecule has 0 radical (unpaired) electrons. The van der Waals surface area contributed by atoms with Crippen LogP contribution < -0.4 is 29.6 Å². The van der Waals surface area contributed by atoms with Gasteiger partial charge < -0.3 is 6.42 Å². The van der Waals surface area contributed by atoms with Gasteiger partial charge in [0.15, 0.2) is 0 Å². The molecule has 0 fully saturated rings. The molecule has 4 nitrogen and oxygen atoms in total. The number of hydrogen-bond donors (Lipinski definition) is 2. The van der Waals surface area contributed by atoms with E-state index in [2.05, 4.69) is 20.3 Å². The Labute approximate surface area is 135 Å². The maximum absolute atomic E-state index is 8.74. The molecule has 0 aliphatic heterocycles. The van der Waals surface area contributed by atoms with E-state index in [1.165, 1.54) is 57.8 Å².